The Morgan fingerprint density at radius 3 is 2.50 bits per heavy atom. The highest BCUT2D eigenvalue weighted by molar-refractivity contribution is 14.0. The van der Waals surface area contributed by atoms with Gasteiger partial charge in [0.2, 0.25) is 0 Å². The first-order chi connectivity index (χ1) is 11.9. The van der Waals surface area contributed by atoms with Gasteiger partial charge in [0.15, 0.2) is 5.96 Å². The van der Waals surface area contributed by atoms with Gasteiger partial charge in [-0.25, -0.2) is 0 Å². The van der Waals surface area contributed by atoms with E-state index in [0.717, 1.165) is 37.1 Å². The number of nitrogens with one attached hydrogen (secondary N) is 2. The van der Waals surface area contributed by atoms with Crippen LogP contribution in [-0.4, -0.2) is 59.9 Å². The van der Waals surface area contributed by atoms with Gasteiger partial charge in [-0.1, -0.05) is 6.92 Å². The fraction of sp³-hybridized carbons (Fsp3) is 0.789. The lowest BCUT2D eigenvalue weighted by Gasteiger charge is -2.30. The minimum atomic E-state index is 0. The molecule has 0 spiro atoms. The van der Waals surface area contributed by atoms with E-state index in [2.05, 4.69) is 53.3 Å². The molecule has 2 rings (SSSR count). The molecule has 7 heteroatoms. The van der Waals surface area contributed by atoms with Crippen molar-refractivity contribution < 1.29 is 0 Å². The number of halogens is 1. The molecule has 1 unspecified atom stereocenters. The summed E-state index contributed by atoms with van der Waals surface area (Å²) < 4.78 is 1.96. The molecule has 150 valence electrons. The van der Waals surface area contributed by atoms with Crippen LogP contribution in [0.3, 0.4) is 0 Å². The first kappa shape index (κ1) is 23.2. The van der Waals surface area contributed by atoms with E-state index >= 15 is 0 Å². The van der Waals surface area contributed by atoms with Gasteiger partial charge in [-0.15, -0.1) is 24.0 Å². The Labute approximate surface area is 176 Å². The Balaban J connectivity index is 0.00000338. The summed E-state index contributed by atoms with van der Waals surface area (Å²) in [5, 5.41) is 11.5. The summed E-state index contributed by atoms with van der Waals surface area (Å²) in [4.78, 5) is 6.92. The Hall–Kier alpha value is -0.830. The maximum atomic E-state index is 4.51. The maximum absolute atomic E-state index is 4.51. The molecule has 2 N–H and O–H groups in total. The third-order valence-electron chi connectivity index (χ3n) is 5.37. The van der Waals surface area contributed by atoms with Crippen LogP contribution in [0.4, 0.5) is 0 Å². The Morgan fingerprint density at radius 1 is 1.31 bits per heavy atom. The highest BCUT2D eigenvalue weighted by Gasteiger charge is 2.16. The highest BCUT2D eigenvalue weighted by atomic mass is 127. The van der Waals surface area contributed by atoms with Crippen LogP contribution in [0.2, 0.25) is 0 Å². The quantitative estimate of drug-likeness (QED) is 0.377. The standard InChI is InChI=1S/C19H36N6.HI/c1-14-7-10-25(11-8-14)12-9-21-19(20-5)22-15(2)13-18-16(3)23-24(6)17(18)4;/h14-15H,7-13H2,1-6H3,(H2,20,21,22);1H. The van der Waals surface area contributed by atoms with Gasteiger partial charge < -0.3 is 15.5 Å². The molecular formula is C19H37IN6. The van der Waals surface area contributed by atoms with E-state index in [1.807, 2.05) is 18.8 Å². The molecule has 0 radical (unpaired) electrons. The lowest BCUT2D eigenvalue weighted by molar-refractivity contribution is 0.195. The van der Waals surface area contributed by atoms with Gasteiger partial charge in [-0.05, 0) is 64.6 Å². The van der Waals surface area contributed by atoms with E-state index in [4.69, 9.17) is 0 Å². The zero-order chi connectivity index (χ0) is 18.4. The first-order valence-corrected chi connectivity index (χ1v) is 9.59. The number of aliphatic imine (C=N–C) groups is 1. The summed E-state index contributed by atoms with van der Waals surface area (Å²) >= 11 is 0. The van der Waals surface area contributed by atoms with Crippen LogP contribution in [0.25, 0.3) is 0 Å². The molecule has 26 heavy (non-hydrogen) atoms. The Kier molecular flexibility index (Phi) is 9.92. The van der Waals surface area contributed by atoms with E-state index in [1.54, 1.807) is 0 Å². The van der Waals surface area contributed by atoms with Crippen molar-refractivity contribution in [2.24, 2.45) is 18.0 Å². The smallest absolute Gasteiger partial charge is 0.191 e. The lowest BCUT2D eigenvalue weighted by atomic mass is 9.99. The molecule has 1 aliphatic rings. The third-order valence-corrected chi connectivity index (χ3v) is 5.37. The van der Waals surface area contributed by atoms with Gasteiger partial charge in [0.05, 0.1) is 5.69 Å². The van der Waals surface area contributed by atoms with Gasteiger partial charge in [0.1, 0.15) is 0 Å². The van der Waals surface area contributed by atoms with Crippen LogP contribution < -0.4 is 10.6 Å². The number of aromatic nitrogens is 2. The topological polar surface area (TPSA) is 57.5 Å². The molecule has 0 bridgehead atoms. The lowest BCUT2D eigenvalue weighted by Crippen LogP contribution is -2.46. The number of guanidine groups is 1. The summed E-state index contributed by atoms with van der Waals surface area (Å²) in [5.74, 6) is 1.77. The van der Waals surface area contributed by atoms with Gasteiger partial charge in [0.25, 0.3) is 0 Å². The van der Waals surface area contributed by atoms with Crippen LogP contribution in [0, 0.1) is 19.8 Å². The number of nitrogens with zero attached hydrogens (tertiary/aromatic N) is 4. The van der Waals surface area contributed by atoms with Crippen molar-refractivity contribution in [2.45, 2.75) is 53.0 Å². The van der Waals surface area contributed by atoms with Gasteiger partial charge in [-0.2, -0.15) is 5.10 Å². The molecule has 1 aromatic heterocycles. The molecule has 0 aliphatic carbocycles. The normalized spacial score (nSPS) is 17.7. The third kappa shape index (κ3) is 6.72. The van der Waals surface area contributed by atoms with Crippen molar-refractivity contribution in [3.05, 3.63) is 17.0 Å². The molecule has 1 aliphatic heterocycles. The van der Waals surface area contributed by atoms with Gasteiger partial charge in [0, 0.05) is 38.9 Å². The molecule has 6 nitrogen and oxygen atoms in total. The Morgan fingerprint density at radius 2 is 1.96 bits per heavy atom. The van der Waals surface area contributed by atoms with E-state index < -0.39 is 0 Å². The molecule has 1 aromatic rings. The van der Waals surface area contributed by atoms with E-state index in [1.165, 1.54) is 37.2 Å². The van der Waals surface area contributed by atoms with Crippen LogP contribution in [0.15, 0.2) is 4.99 Å². The monoisotopic (exact) mass is 476 g/mol. The molecule has 2 heterocycles. The minimum Gasteiger partial charge on any atom is -0.355 e. The molecule has 0 aromatic carbocycles. The number of likely N-dealkylation sites (tertiary alicyclic amines) is 1. The predicted octanol–water partition coefficient (Wildman–Crippen LogP) is 2.48. The predicted molar refractivity (Wildman–Crippen MR) is 121 cm³/mol. The van der Waals surface area contributed by atoms with Crippen LogP contribution in [-0.2, 0) is 13.5 Å². The van der Waals surface area contributed by atoms with E-state index in [9.17, 15) is 0 Å². The second-order valence-electron chi connectivity index (χ2n) is 7.55. The van der Waals surface area contributed by atoms with Gasteiger partial charge in [-0.3, -0.25) is 9.67 Å². The van der Waals surface area contributed by atoms with Crippen molar-refractivity contribution in [3.63, 3.8) is 0 Å². The summed E-state index contributed by atoms with van der Waals surface area (Å²) in [6, 6.07) is 0.309. The summed E-state index contributed by atoms with van der Waals surface area (Å²) in [7, 11) is 3.84. The molecular weight excluding hydrogens is 439 g/mol. The SMILES string of the molecule is CN=C(NCCN1CCC(C)CC1)NC(C)Cc1c(C)nn(C)c1C.I. The van der Waals surface area contributed by atoms with Crippen molar-refractivity contribution in [3.8, 4) is 0 Å². The number of hydrogen-bond donors (Lipinski definition) is 2. The second kappa shape index (κ2) is 11.1. The zero-order valence-corrected chi connectivity index (χ0v) is 19.6. The van der Waals surface area contributed by atoms with Crippen molar-refractivity contribution in [1.82, 2.24) is 25.3 Å². The van der Waals surface area contributed by atoms with Crippen LogP contribution in [0.5, 0.6) is 0 Å². The number of hydrogen-bond acceptors (Lipinski definition) is 3. The number of piperidine rings is 1. The minimum absolute atomic E-state index is 0. The molecule has 1 fully saturated rings. The average molecular weight is 476 g/mol. The first-order valence-electron chi connectivity index (χ1n) is 9.59. The fourth-order valence-electron chi connectivity index (χ4n) is 3.52. The average Bonchev–Trinajstić information content (AvgIpc) is 2.82. The highest BCUT2D eigenvalue weighted by Crippen LogP contribution is 2.15. The van der Waals surface area contributed by atoms with Gasteiger partial charge >= 0.3 is 0 Å². The number of rotatable bonds is 6. The Bertz CT molecular complexity index is 575. The van der Waals surface area contributed by atoms with Crippen LogP contribution >= 0.6 is 24.0 Å². The van der Waals surface area contributed by atoms with Crippen molar-refractivity contribution >= 4 is 29.9 Å². The fourth-order valence-corrected chi connectivity index (χ4v) is 3.52. The molecule has 0 amide bonds. The van der Waals surface area contributed by atoms with E-state index in [-0.39, 0.29) is 24.0 Å². The molecule has 1 saturated heterocycles. The summed E-state index contributed by atoms with van der Waals surface area (Å²) in [6.45, 7) is 13.2. The summed E-state index contributed by atoms with van der Waals surface area (Å²) in [5.41, 5.74) is 3.70. The largest absolute Gasteiger partial charge is 0.355 e. The number of aryl methyl sites for hydroxylation is 2. The molecule has 0 saturated carbocycles. The maximum Gasteiger partial charge on any atom is 0.191 e. The van der Waals surface area contributed by atoms with E-state index in [0.29, 0.717) is 6.04 Å². The summed E-state index contributed by atoms with van der Waals surface area (Å²) in [6.07, 6.45) is 3.61. The zero-order valence-electron chi connectivity index (χ0n) is 17.3. The van der Waals surface area contributed by atoms with Crippen molar-refractivity contribution in [1.29, 1.82) is 0 Å². The molecule has 1 atom stereocenters. The van der Waals surface area contributed by atoms with Crippen LogP contribution in [0.1, 0.15) is 43.6 Å². The van der Waals surface area contributed by atoms with Crippen molar-refractivity contribution in [2.75, 3.05) is 33.2 Å². The second-order valence-corrected chi connectivity index (χ2v) is 7.55.